The molecule has 1 atom stereocenters. The summed E-state index contributed by atoms with van der Waals surface area (Å²) in [4.78, 5) is 11.9. The van der Waals surface area contributed by atoms with Crippen LogP contribution in [0, 0.1) is 11.3 Å². The summed E-state index contributed by atoms with van der Waals surface area (Å²) in [5, 5.41) is 12.0. The zero-order valence-corrected chi connectivity index (χ0v) is 10.4. The third-order valence-electron chi connectivity index (χ3n) is 3.41. The molecule has 1 heterocycles. The maximum absolute atomic E-state index is 11.9. The minimum atomic E-state index is -0.594. The summed E-state index contributed by atoms with van der Waals surface area (Å²) in [7, 11) is 1.42. The van der Waals surface area contributed by atoms with E-state index < -0.39 is 5.54 Å². The highest BCUT2D eigenvalue weighted by atomic mass is 16.5. The molecule has 1 saturated heterocycles. The summed E-state index contributed by atoms with van der Waals surface area (Å²) in [5.74, 6) is -0.204. The quantitative estimate of drug-likeness (QED) is 0.816. The van der Waals surface area contributed by atoms with Gasteiger partial charge in [-0.25, -0.2) is 0 Å². The molecule has 1 fully saturated rings. The fraction of sp³-hybridized carbons (Fsp3) is 0.429. The number of carbonyl (C=O) groups is 1. The Bertz CT molecular complexity index is 468. The van der Waals surface area contributed by atoms with Gasteiger partial charge in [-0.1, -0.05) is 12.1 Å². The Morgan fingerprint density at radius 1 is 1.50 bits per heavy atom. The van der Waals surface area contributed by atoms with Gasteiger partial charge in [0.05, 0.1) is 18.7 Å². The molecule has 0 spiro atoms. The summed E-state index contributed by atoms with van der Waals surface area (Å²) in [6.07, 6.45) is 2.37. The largest absolute Gasteiger partial charge is 0.468 e. The van der Waals surface area contributed by atoms with Crippen LogP contribution in [0.3, 0.4) is 0 Å². The van der Waals surface area contributed by atoms with Crippen LogP contribution < -0.4 is 5.32 Å². The van der Waals surface area contributed by atoms with Crippen LogP contribution in [0.1, 0.15) is 24.0 Å². The van der Waals surface area contributed by atoms with Crippen LogP contribution in [0.2, 0.25) is 0 Å². The van der Waals surface area contributed by atoms with Gasteiger partial charge >= 0.3 is 5.97 Å². The van der Waals surface area contributed by atoms with Gasteiger partial charge in [-0.3, -0.25) is 4.79 Å². The fourth-order valence-electron chi connectivity index (χ4n) is 2.44. The van der Waals surface area contributed by atoms with Gasteiger partial charge in [0, 0.05) is 6.42 Å². The first-order chi connectivity index (χ1) is 8.70. The molecule has 0 amide bonds. The van der Waals surface area contributed by atoms with E-state index in [0.29, 0.717) is 12.0 Å². The molecule has 18 heavy (non-hydrogen) atoms. The second kappa shape index (κ2) is 5.19. The Morgan fingerprint density at radius 2 is 2.22 bits per heavy atom. The number of nitrogens with one attached hydrogen (secondary N) is 1. The molecule has 1 aliphatic heterocycles. The van der Waals surface area contributed by atoms with E-state index in [2.05, 4.69) is 11.4 Å². The molecule has 4 nitrogen and oxygen atoms in total. The number of hydrogen-bond donors (Lipinski definition) is 1. The van der Waals surface area contributed by atoms with Crippen molar-refractivity contribution in [3.63, 3.8) is 0 Å². The Morgan fingerprint density at radius 3 is 2.72 bits per heavy atom. The van der Waals surface area contributed by atoms with Gasteiger partial charge in [0.25, 0.3) is 0 Å². The SMILES string of the molecule is COC(=O)C1(Cc2ccc(C#N)cc2)CCCN1. The van der Waals surface area contributed by atoms with E-state index in [-0.39, 0.29) is 5.97 Å². The zero-order chi connectivity index (χ0) is 13.0. The van der Waals surface area contributed by atoms with Crippen molar-refractivity contribution in [1.82, 2.24) is 5.32 Å². The number of hydrogen-bond acceptors (Lipinski definition) is 4. The van der Waals surface area contributed by atoms with Gasteiger partial charge in [-0.05, 0) is 37.1 Å². The predicted octanol–water partition coefficient (Wildman–Crippen LogP) is 1.40. The van der Waals surface area contributed by atoms with Crippen molar-refractivity contribution < 1.29 is 9.53 Å². The number of carbonyl (C=O) groups excluding carboxylic acids is 1. The van der Waals surface area contributed by atoms with E-state index in [9.17, 15) is 4.79 Å². The number of rotatable bonds is 3. The second-order valence-corrected chi connectivity index (χ2v) is 4.59. The summed E-state index contributed by atoms with van der Waals surface area (Å²) < 4.78 is 4.90. The van der Waals surface area contributed by atoms with E-state index in [0.717, 1.165) is 24.9 Å². The standard InChI is InChI=1S/C14H16N2O2/c1-18-13(17)14(7-2-8-16-14)9-11-3-5-12(10-15)6-4-11/h3-6,16H,2,7-9H2,1H3. The van der Waals surface area contributed by atoms with Gasteiger partial charge < -0.3 is 10.1 Å². The van der Waals surface area contributed by atoms with Crippen molar-refractivity contribution in [2.24, 2.45) is 0 Å². The first kappa shape index (κ1) is 12.6. The Kier molecular flexibility index (Phi) is 3.63. The number of benzene rings is 1. The van der Waals surface area contributed by atoms with Crippen LogP contribution >= 0.6 is 0 Å². The molecule has 94 valence electrons. The Hall–Kier alpha value is -1.86. The molecule has 1 N–H and O–H groups in total. The average molecular weight is 244 g/mol. The van der Waals surface area contributed by atoms with Crippen LogP contribution in [0.15, 0.2) is 24.3 Å². The van der Waals surface area contributed by atoms with Gasteiger partial charge in [0.2, 0.25) is 0 Å². The molecule has 0 bridgehead atoms. The van der Waals surface area contributed by atoms with Crippen LogP contribution in [-0.2, 0) is 16.0 Å². The third-order valence-corrected chi connectivity index (χ3v) is 3.41. The first-order valence-corrected chi connectivity index (χ1v) is 6.03. The van der Waals surface area contributed by atoms with E-state index in [4.69, 9.17) is 10.00 Å². The van der Waals surface area contributed by atoms with Gasteiger partial charge in [0.1, 0.15) is 5.54 Å². The zero-order valence-electron chi connectivity index (χ0n) is 10.4. The molecule has 0 radical (unpaired) electrons. The maximum atomic E-state index is 11.9. The number of esters is 1. The van der Waals surface area contributed by atoms with Crippen molar-refractivity contribution in [3.05, 3.63) is 35.4 Å². The number of nitriles is 1. The van der Waals surface area contributed by atoms with E-state index in [1.807, 2.05) is 12.1 Å². The molecular weight excluding hydrogens is 228 g/mol. The van der Waals surface area contributed by atoms with Crippen LogP contribution in [0.5, 0.6) is 0 Å². The predicted molar refractivity (Wildman–Crippen MR) is 66.8 cm³/mol. The third kappa shape index (κ3) is 2.36. The molecule has 0 saturated carbocycles. The topological polar surface area (TPSA) is 62.1 Å². The minimum Gasteiger partial charge on any atom is -0.468 e. The summed E-state index contributed by atoms with van der Waals surface area (Å²) in [5.41, 5.74) is 1.07. The monoisotopic (exact) mass is 244 g/mol. The van der Waals surface area contributed by atoms with Crippen LogP contribution in [0.25, 0.3) is 0 Å². The summed E-state index contributed by atoms with van der Waals surface area (Å²) in [6, 6.07) is 9.41. The lowest BCUT2D eigenvalue weighted by Crippen LogP contribution is -2.50. The highest BCUT2D eigenvalue weighted by Gasteiger charge is 2.41. The summed E-state index contributed by atoms with van der Waals surface area (Å²) in [6.45, 7) is 0.839. The second-order valence-electron chi connectivity index (χ2n) is 4.59. The maximum Gasteiger partial charge on any atom is 0.326 e. The minimum absolute atomic E-state index is 0.204. The average Bonchev–Trinajstić information content (AvgIpc) is 2.88. The molecule has 0 aromatic heterocycles. The van der Waals surface area contributed by atoms with Crippen LogP contribution in [-0.4, -0.2) is 25.2 Å². The molecule has 2 rings (SSSR count). The lowest BCUT2D eigenvalue weighted by atomic mass is 9.89. The van der Waals surface area contributed by atoms with Gasteiger partial charge in [0.15, 0.2) is 0 Å². The first-order valence-electron chi connectivity index (χ1n) is 6.03. The van der Waals surface area contributed by atoms with Crippen molar-refractivity contribution in [2.75, 3.05) is 13.7 Å². The van der Waals surface area contributed by atoms with Crippen molar-refractivity contribution in [3.8, 4) is 6.07 Å². The summed E-state index contributed by atoms with van der Waals surface area (Å²) >= 11 is 0. The molecule has 0 aliphatic carbocycles. The fourth-order valence-corrected chi connectivity index (χ4v) is 2.44. The molecule has 1 aromatic rings. The number of methoxy groups -OCH3 is 1. The van der Waals surface area contributed by atoms with Crippen molar-refractivity contribution in [2.45, 2.75) is 24.8 Å². The van der Waals surface area contributed by atoms with Gasteiger partial charge in [-0.15, -0.1) is 0 Å². The smallest absolute Gasteiger partial charge is 0.326 e. The van der Waals surface area contributed by atoms with Gasteiger partial charge in [-0.2, -0.15) is 5.26 Å². The van der Waals surface area contributed by atoms with E-state index in [1.54, 1.807) is 12.1 Å². The highest BCUT2D eigenvalue weighted by molar-refractivity contribution is 5.81. The number of nitrogens with zero attached hydrogens (tertiary/aromatic N) is 1. The van der Waals surface area contributed by atoms with E-state index >= 15 is 0 Å². The lowest BCUT2D eigenvalue weighted by molar-refractivity contribution is -0.148. The highest BCUT2D eigenvalue weighted by Crippen LogP contribution is 2.25. The molecule has 1 aliphatic rings. The Balaban J connectivity index is 2.19. The number of ether oxygens (including phenoxy) is 1. The van der Waals surface area contributed by atoms with Crippen molar-refractivity contribution >= 4 is 5.97 Å². The van der Waals surface area contributed by atoms with Crippen LogP contribution in [0.4, 0.5) is 0 Å². The Labute approximate surface area is 107 Å². The van der Waals surface area contributed by atoms with Crippen molar-refractivity contribution in [1.29, 1.82) is 5.26 Å². The molecule has 4 heteroatoms. The molecule has 1 unspecified atom stereocenters. The normalized spacial score (nSPS) is 22.4. The van der Waals surface area contributed by atoms with E-state index in [1.165, 1.54) is 7.11 Å². The molecular formula is C14H16N2O2. The molecule has 1 aromatic carbocycles. The lowest BCUT2D eigenvalue weighted by Gasteiger charge is -2.26.